The summed E-state index contributed by atoms with van der Waals surface area (Å²) in [5.74, 6) is 0.898. The first-order chi connectivity index (χ1) is 14.0. The van der Waals surface area contributed by atoms with Crippen molar-refractivity contribution < 1.29 is 19.1 Å². The number of fused-ring (bicyclic) bond motifs is 1. The monoisotopic (exact) mass is 392 g/mol. The van der Waals surface area contributed by atoms with E-state index in [-0.39, 0.29) is 11.9 Å². The molecule has 0 spiro atoms. The first-order valence-corrected chi connectivity index (χ1v) is 9.69. The Bertz CT molecular complexity index is 1080. The number of nitrogens with zero attached hydrogens (tertiary/aromatic N) is 1. The van der Waals surface area contributed by atoms with Crippen LogP contribution in [0.3, 0.4) is 0 Å². The van der Waals surface area contributed by atoms with E-state index < -0.39 is 0 Å². The van der Waals surface area contributed by atoms with Crippen LogP contribution in [-0.4, -0.2) is 30.2 Å². The van der Waals surface area contributed by atoms with Crippen molar-refractivity contribution in [2.45, 2.75) is 19.8 Å². The van der Waals surface area contributed by atoms with Gasteiger partial charge in [-0.3, -0.25) is 4.79 Å². The van der Waals surface area contributed by atoms with Crippen molar-refractivity contribution in [2.75, 3.05) is 19.0 Å². The molecule has 1 N–H and O–H groups in total. The van der Waals surface area contributed by atoms with Crippen LogP contribution in [0.5, 0.6) is 5.75 Å². The van der Waals surface area contributed by atoms with Crippen molar-refractivity contribution in [2.24, 2.45) is 13.0 Å². The third-order valence-corrected chi connectivity index (χ3v) is 5.39. The highest BCUT2D eigenvalue weighted by Gasteiger charge is 2.22. The van der Waals surface area contributed by atoms with Gasteiger partial charge in [0.15, 0.2) is 0 Å². The molecule has 1 aliphatic carbocycles. The summed E-state index contributed by atoms with van der Waals surface area (Å²) >= 11 is 0. The SMILES string of the molecule is COC(=O)c1c(C)c2cc(NC(=O)c3ccc(OCC4CC4)cc3)ccc2n1C. The fourth-order valence-corrected chi connectivity index (χ4v) is 3.50. The maximum atomic E-state index is 12.6. The summed E-state index contributed by atoms with van der Waals surface area (Å²) in [7, 11) is 3.19. The number of amides is 1. The van der Waals surface area contributed by atoms with Gasteiger partial charge in [-0.05, 0) is 73.7 Å². The number of benzene rings is 2. The number of ether oxygens (including phenoxy) is 2. The van der Waals surface area contributed by atoms with Crippen molar-refractivity contribution in [3.63, 3.8) is 0 Å². The standard InChI is InChI=1S/C23H24N2O4/c1-14-19-12-17(8-11-20(19)25(2)21(14)23(27)28-3)24-22(26)16-6-9-18(10-7-16)29-13-15-4-5-15/h6-12,15H,4-5,13H2,1-3H3,(H,24,26). The molecule has 1 aliphatic rings. The van der Waals surface area contributed by atoms with Crippen LogP contribution in [-0.2, 0) is 11.8 Å². The number of nitrogens with one attached hydrogen (secondary N) is 1. The molecule has 3 aromatic rings. The normalized spacial score (nSPS) is 13.3. The molecule has 0 saturated heterocycles. The maximum Gasteiger partial charge on any atom is 0.354 e. The minimum absolute atomic E-state index is 0.195. The molecule has 29 heavy (non-hydrogen) atoms. The summed E-state index contributed by atoms with van der Waals surface area (Å²) in [4.78, 5) is 24.7. The van der Waals surface area contributed by atoms with Gasteiger partial charge in [0.25, 0.3) is 5.91 Å². The Kier molecular flexibility index (Phi) is 5.01. The van der Waals surface area contributed by atoms with E-state index in [9.17, 15) is 9.59 Å². The minimum Gasteiger partial charge on any atom is -0.493 e. The average molecular weight is 392 g/mol. The Hall–Kier alpha value is -3.28. The molecular formula is C23H24N2O4. The summed E-state index contributed by atoms with van der Waals surface area (Å²) in [5, 5.41) is 3.82. The zero-order chi connectivity index (χ0) is 20.5. The van der Waals surface area contributed by atoms with Gasteiger partial charge in [-0.1, -0.05) is 0 Å². The predicted octanol–water partition coefficient (Wildman–Crippen LogP) is 4.31. The van der Waals surface area contributed by atoms with Crippen molar-refractivity contribution in [1.29, 1.82) is 0 Å². The van der Waals surface area contributed by atoms with E-state index in [1.807, 2.05) is 48.9 Å². The van der Waals surface area contributed by atoms with Crippen LogP contribution in [0.15, 0.2) is 42.5 Å². The van der Waals surface area contributed by atoms with E-state index in [2.05, 4.69) is 5.32 Å². The molecule has 1 saturated carbocycles. The fraction of sp³-hybridized carbons (Fsp3) is 0.304. The third kappa shape index (κ3) is 3.83. The number of methoxy groups -OCH3 is 1. The molecular weight excluding hydrogens is 368 g/mol. The molecule has 1 heterocycles. The molecule has 4 rings (SSSR count). The summed E-state index contributed by atoms with van der Waals surface area (Å²) < 4.78 is 12.4. The summed E-state index contributed by atoms with van der Waals surface area (Å²) in [5.41, 5.74) is 3.46. The van der Waals surface area contributed by atoms with Crippen molar-refractivity contribution >= 4 is 28.5 Å². The number of aromatic nitrogens is 1. The lowest BCUT2D eigenvalue weighted by molar-refractivity contribution is 0.0589. The Morgan fingerprint density at radius 1 is 1.14 bits per heavy atom. The van der Waals surface area contributed by atoms with Crippen LogP contribution in [0.25, 0.3) is 10.9 Å². The average Bonchev–Trinajstić information content (AvgIpc) is 3.53. The second-order valence-electron chi connectivity index (χ2n) is 7.49. The van der Waals surface area contributed by atoms with Gasteiger partial charge in [0, 0.05) is 29.2 Å². The van der Waals surface area contributed by atoms with Gasteiger partial charge in [0.05, 0.1) is 13.7 Å². The van der Waals surface area contributed by atoms with E-state index in [0.717, 1.165) is 28.8 Å². The number of hydrogen-bond donors (Lipinski definition) is 1. The molecule has 2 aromatic carbocycles. The largest absolute Gasteiger partial charge is 0.493 e. The zero-order valence-electron chi connectivity index (χ0n) is 16.8. The minimum atomic E-state index is -0.379. The highest BCUT2D eigenvalue weighted by molar-refractivity contribution is 6.06. The molecule has 6 nitrogen and oxygen atoms in total. The Morgan fingerprint density at radius 2 is 1.86 bits per heavy atom. The molecule has 1 fully saturated rings. The number of aryl methyl sites for hydroxylation is 2. The lowest BCUT2D eigenvalue weighted by atomic mass is 10.1. The smallest absolute Gasteiger partial charge is 0.354 e. The predicted molar refractivity (Wildman–Crippen MR) is 112 cm³/mol. The number of rotatable bonds is 6. The van der Waals surface area contributed by atoms with Crippen molar-refractivity contribution in [1.82, 2.24) is 4.57 Å². The van der Waals surface area contributed by atoms with Gasteiger partial charge in [-0.2, -0.15) is 0 Å². The zero-order valence-corrected chi connectivity index (χ0v) is 16.8. The number of anilines is 1. The van der Waals surface area contributed by atoms with Gasteiger partial charge in [-0.25, -0.2) is 4.79 Å². The van der Waals surface area contributed by atoms with Gasteiger partial charge in [-0.15, -0.1) is 0 Å². The fourth-order valence-electron chi connectivity index (χ4n) is 3.50. The number of carbonyl (C=O) groups excluding carboxylic acids is 2. The lowest BCUT2D eigenvalue weighted by Crippen LogP contribution is -2.11. The van der Waals surface area contributed by atoms with Crippen LogP contribution in [0.1, 0.15) is 39.3 Å². The Labute approximate surface area is 169 Å². The van der Waals surface area contributed by atoms with Crippen molar-refractivity contribution in [3.05, 3.63) is 59.3 Å². The topological polar surface area (TPSA) is 69.6 Å². The molecule has 150 valence electrons. The third-order valence-electron chi connectivity index (χ3n) is 5.39. The molecule has 0 bridgehead atoms. The molecule has 0 aliphatic heterocycles. The van der Waals surface area contributed by atoms with Gasteiger partial charge < -0.3 is 19.4 Å². The molecule has 1 amide bonds. The van der Waals surface area contributed by atoms with Crippen molar-refractivity contribution in [3.8, 4) is 5.75 Å². The number of hydrogen-bond acceptors (Lipinski definition) is 4. The quantitative estimate of drug-likeness (QED) is 0.635. The van der Waals surface area contributed by atoms with Crippen LogP contribution >= 0.6 is 0 Å². The van der Waals surface area contributed by atoms with E-state index in [1.165, 1.54) is 20.0 Å². The molecule has 0 radical (unpaired) electrons. The van der Waals surface area contributed by atoms with Crippen LogP contribution < -0.4 is 10.1 Å². The molecule has 0 unspecified atom stereocenters. The molecule has 6 heteroatoms. The lowest BCUT2D eigenvalue weighted by Gasteiger charge is -2.08. The Morgan fingerprint density at radius 3 is 2.52 bits per heavy atom. The first-order valence-electron chi connectivity index (χ1n) is 9.69. The molecule has 0 atom stereocenters. The van der Waals surface area contributed by atoms with E-state index >= 15 is 0 Å². The number of carbonyl (C=O) groups is 2. The van der Waals surface area contributed by atoms with Gasteiger partial charge in [0.2, 0.25) is 0 Å². The van der Waals surface area contributed by atoms with Gasteiger partial charge in [0.1, 0.15) is 11.4 Å². The second-order valence-corrected chi connectivity index (χ2v) is 7.49. The molecule has 1 aromatic heterocycles. The summed E-state index contributed by atoms with van der Waals surface area (Å²) in [6.07, 6.45) is 2.49. The summed E-state index contributed by atoms with van der Waals surface area (Å²) in [6.45, 7) is 2.62. The number of esters is 1. The van der Waals surface area contributed by atoms with Crippen LogP contribution in [0.4, 0.5) is 5.69 Å². The van der Waals surface area contributed by atoms with Gasteiger partial charge >= 0.3 is 5.97 Å². The second kappa shape index (κ2) is 7.62. The first kappa shape index (κ1) is 19.1. The van der Waals surface area contributed by atoms with E-state index in [1.54, 1.807) is 12.1 Å². The highest BCUT2D eigenvalue weighted by Crippen LogP contribution is 2.30. The van der Waals surface area contributed by atoms with Crippen LogP contribution in [0, 0.1) is 12.8 Å². The van der Waals surface area contributed by atoms with E-state index in [4.69, 9.17) is 9.47 Å². The summed E-state index contributed by atoms with van der Waals surface area (Å²) in [6, 6.07) is 12.8. The maximum absolute atomic E-state index is 12.6. The highest BCUT2D eigenvalue weighted by atomic mass is 16.5. The van der Waals surface area contributed by atoms with Crippen LogP contribution in [0.2, 0.25) is 0 Å². The Balaban J connectivity index is 1.51. The van der Waals surface area contributed by atoms with E-state index in [0.29, 0.717) is 22.9 Å².